The molecule has 146 valence electrons. The number of amides is 1. The Morgan fingerprint density at radius 1 is 1.12 bits per heavy atom. The van der Waals surface area contributed by atoms with E-state index in [0.717, 1.165) is 13.0 Å². The molecule has 1 aliphatic rings. The first kappa shape index (κ1) is 21.7. The summed E-state index contributed by atoms with van der Waals surface area (Å²) in [5, 5.41) is 2.50. The van der Waals surface area contributed by atoms with Gasteiger partial charge in [0.05, 0.1) is 6.10 Å². The van der Waals surface area contributed by atoms with Gasteiger partial charge in [-0.2, -0.15) is 0 Å². The molecule has 0 unspecified atom stereocenters. The number of hydrogen-bond acceptors (Lipinski definition) is 5. The fraction of sp³-hybridized carbons (Fsp3) is 0.895. The minimum atomic E-state index is -0.777. The summed E-state index contributed by atoms with van der Waals surface area (Å²) in [4.78, 5) is 24.0. The van der Waals surface area contributed by atoms with Gasteiger partial charge in [0.1, 0.15) is 17.7 Å². The molecule has 6 heteroatoms. The molecule has 0 aliphatic heterocycles. The van der Waals surface area contributed by atoms with E-state index >= 15 is 0 Å². The zero-order valence-corrected chi connectivity index (χ0v) is 16.8. The molecule has 1 saturated carbocycles. The van der Waals surface area contributed by atoms with Gasteiger partial charge in [0.15, 0.2) is 0 Å². The Labute approximate surface area is 152 Å². The highest BCUT2D eigenvalue weighted by Gasteiger charge is 2.29. The van der Waals surface area contributed by atoms with Crippen LogP contribution in [0.4, 0.5) is 4.79 Å². The quantitative estimate of drug-likeness (QED) is 0.637. The third-order valence-corrected chi connectivity index (χ3v) is 3.86. The van der Waals surface area contributed by atoms with Crippen molar-refractivity contribution in [3.63, 3.8) is 0 Å². The van der Waals surface area contributed by atoms with E-state index in [2.05, 4.69) is 19.2 Å². The molecule has 0 aromatic rings. The van der Waals surface area contributed by atoms with Crippen molar-refractivity contribution in [1.82, 2.24) is 5.32 Å². The molecule has 1 aliphatic carbocycles. The molecular weight excluding hydrogens is 322 g/mol. The van der Waals surface area contributed by atoms with Crippen molar-refractivity contribution in [2.45, 2.75) is 91.6 Å². The maximum Gasteiger partial charge on any atom is 0.408 e. The highest BCUT2D eigenvalue weighted by molar-refractivity contribution is 5.81. The van der Waals surface area contributed by atoms with Crippen LogP contribution in [0, 0.1) is 11.8 Å². The van der Waals surface area contributed by atoms with Crippen molar-refractivity contribution in [2.75, 3.05) is 6.61 Å². The summed E-state index contributed by atoms with van der Waals surface area (Å²) >= 11 is 0. The smallest absolute Gasteiger partial charge is 0.408 e. The van der Waals surface area contributed by atoms with Crippen molar-refractivity contribution < 1.29 is 23.8 Å². The first-order valence-corrected chi connectivity index (χ1v) is 9.29. The maximum atomic E-state index is 12.2. The van der Waals surface area contributed by atoms with Crippen LogP contribution >= 0.6 is 0 Å². The summed E-state index contributed by atoms with van der Waals surface area (Å²) in [5.41, 5.74) is -0.611. The number of carbonyl (C=O) groups excluding carboxylic acids is 2. The van der Waals surface area contributed by atoms with E-state index in [9.17, 15) is 9.59 Å². The second kappa shape index (κ2) is 9.41. The standard InChI is InChI=1S/C19H35NO5/c1-12(2)10-16(23-11-15-8-9-15)14(4)24-17(21)13(3)20-18(22)25-19(5,6)7/h12-16H,8-11H2,1-7H3,(H,20,22)/t13-,14-,16+/m0/s1. The van der Waals surface area contributed by atoms with Crippen LogP contribution in [0.1, 0.15) is 67.7 Å². The fourth-order valence-corrected chi connectivity index (χ4v) is 2.31. The van der Waals surface area contributed by atoms with Crippen LogP contribution in [0.3, 0.4) is 0 Å². The molecule has 0 aromatic heterocycles. The first-order chi connectivity index (χ1) is 11.5. The predicted molar refractivity (Wildman–Crippen MR) is 96.3 cm³/mol. The summed E-state index contributed by atoms with van der Waals surface area (Å²) in [6, 6.07) is -0.777. The number of esters is 1. The average molecular weight is 357 g/mol. The monoisotopic (exact) mass is 357 g/mol. The first-order valence-electron chi connectivity index (χ1n) is 9.29. The second-order valence-electron chi connectivity index (χ2n) is 8.45. The van der Waals surface area contributed by atoms with Gasteiger partial charge in [0.25, 0.3) is 0 Å². The van der Waals surface area contributed by atoms with Crippen molar-refractivity contribution in [2.24, 2.45) is 11.8 Å². The molecule has 1 fully saturated rings. The molecule has 25 heavy (non-hydrogen) atoms. The molecule has 1 rings (SSSR count). The number of rotatable bonds is 9. The largest absolute Gasteiger partial charge is 0.458 e. The lowest BCUT2D eigenvalue weighted by Gasteiger charge is -2.27. The van der Waals surface area contributed by atoms with Gasteiger partial charge >= 0.3 is 12.1 Å². The summed E-state index contributed by atoms with van der Waals surface area (Å²) in [5.74, 6) is 0.620. The lowest BCUT2D eigenvalue weighted by atomic mass is 10.0. The van der Waals surface area contributed by atoms with Crippen LogP contribution in [-0.2, 0) is 19.0 Å². The van der Waals surface area contributed by atoms with Gasteiger partial charge in [-0.05, 0) is 65.7 Å². The Bertz CT molecular complexity index is 440. The Kier molecular flexibility index (Phi) is 8.19. The molecule has 0 aromatic carbocycles. The lowest BCUT2D eigenvalue weighted by Crippen LogP contribution is -2.44. The van der Waals surface area contributed by atoms with Gasteiger partial charge < -0.3 is 19.5 Å². The van der Waals surface area contributed by atoms with Gasteiger partial charge in [-0.1, -0.05) is 13.8 Å². The SMILES string of the molecule is CC(C)C[C@@H](OCC1CC1)[C@H](C)OC(=O)[C@H](C)NC(=O)OC(C)(C)C. The van der Waals surface area contributed by atoms with Crippen LogP contribution in [-0.4, -0.2) is 42.5 Å². The van der Waals surface area contributed by atoms with Crippen LogP contribution in [0.5, 0.6) is 0 Å². The van der Waals surface area contributed by atoms with E-state index < -0.39 is 23.7 Å². The van der Waals surface area contributed by atoms with Gasteiger partial charge in [0.2, 0.25) is 0 Å². The van der Waals surface area contributed by atoms with Crippen LogP contribution in [0.25, 0.3) is 0 Å². The molecule has 1 N–H and O–H groups in total. The Morgan fingerprint density at radius 2 is 1.72 bits per heavy atom. The molecule has 0 bridgehead atoms. The molecule has 6 nitrogen and oxygen atoms in total. The van der Waals surface area contributed by atoms with Crippen molar-refractivity contribution in [1.29, 1.82) is 0 Å². The van der Waals surface area contributed by atoms with E-state index in [1.807, 2.05) is 6.92 Å². The van der Waals surface area contributed by atoms with Gasteiger partial charge in [-0.3, -0.25) is 0 Å². The highest BCUT2D eigenvalue weighted by atomic mass is 16.6. The fourth-order valence-electron chi connectivity index (χ4n) is 2.31. The third kappa shape index (κ3) is 9.68. The number of nitrogens with one attached hydrogen (secondary N) is 1. The summed E-state index contributed by atoms with van der Waals surface area (Å²) in [7, 11) is 0. The van der Waals surface area contributed by atoms with E-state index in [0.29, 0.717) is 11.8 Å². The van der Waals surface area contributed by atoms with E-state index in [-0.39, 0.29) is 12.2 Å². The molecule has 0 heterocycles. The van der Waals surface area contributed by atoms with Crippen LogP contribution < -0.4 is 5.32 Å². The zero-order chi connectivity index (χ0) is 19.2. The lowest BCUT2D eigenvalue weighted by molar-refractivity contribution is -0.159. The second-order valence-corrected chi connectivity index (χ2v) is 8.45. The van der Waals surface area contributed by atoms with Gasteiger partial charge in [-0.25, -0.2) is 9.59 Å². The topological polar surface area (TPSA) is 73.9 Å². The van der Waals surface area contributed by atoms with Crippen molar-refractivity contribution >= 4 is 12.1 Å². The minimum Gasteiger partial charge on any atom is -0.458 e. The van der Waals surface area contributed by atoms with Gasteiger partial charge in [0, 0.05) is 6.61 Å². The van der Waals surface area contributed by atoms with Crippen molar-refractivity contribution in [3.8, 4) is 0 Å². The van der Waals surface area contributed by atoms with Gasteiger partial charge in [-0.15, -0.1) is 0 Å². The number of hydrogen-bond donors (Lipinski definition) is 1. The van der Waals surface area contributed by atoms with Crippen LogP contribution in [0.2, 0.25) is 0 Å². The third-order valence-electron chi connectivity index (χ3n) is 3.86. The number of ether oxygens (including phenoxy) is 3. The summed E-state index contributed by atoms with van der Waals surface area (Å²) in [6.45, 7) is 13.7. The van der Waals surface area contributed by atoms with Crippen molar-refractivity contribution in [3.05, 3.63) is 0 Å². The predicted octanol–water partition coefficient (Wildman–Crippen LogP) is 3.67. The number of alkyl carbamates (subject to hydrolysis) is 1. The molecule has 0 radical (unpaired) electrons. The van der Waals surface area contributed by atoms with E-state index in [1.54, 1.807) is 27.7 Å². The molecular formula is C19H35NO5. The summed E-state index contributed by atoms with van der Waals surface area (Å²) in [6.07, 6.45) is 2.15. The highest BCUT2D eigenvalue weighted by Crippen LogP contribution is 2.30. The minimum absolute atomic E-state index is 0.127. The molecule has 1 amide bonds. The molecule has 0 spiro atoms. The normalized spacial score (nSPS) is 18.4. The maximum absolute atomic E-state index is 12.2. The molecule has 3 atom stereocenters. The Morgan fingerprint density at radius 3 is 2.20 bits per heavy atom. The Balaban J connectivity index is 2.48. The zero-order valence-electron chi connectivity index (χ0n) is 16.8. The van der Waals surface area contributed by atoms with Crippen LogP contribution in [0.15, 0.2) is 0 Å². The van der Waals surface area contributed by atoms with E-state index in [1.165, 1.54) is 12.8 Å². The van der Waals surface area contributed by atoms with E-state index in [4.69, 9.17) is 14.2 Å². The molecule has 0 saturated heterocycles. The Hall–Kier alpha value is -1.30. The number of carbonyl (C=O) groups is 2. The average Bonchev–Trinajstić information content (AvgIpc) is 3.24. The summed E-state index contributed by atoms with van der Waals surface area (Å²) < 4.78 is 16.7.